The standard InChI is InChI=1S/C14H16FN3/c1-10-8-17-14(7-13(10)16)18(2)9-11-5-3-4-6-12(11)15/h3-8H,9H2,1-2H3,(H2,16,17). The molecule has 0 atom stereocenters. The van der Waals surface area contributed by atoms with Crippen LogP contribution in [0.15, 0.2) is 36.5 Å². The zero-order valence-corrected chi connectivity index (χ0v) is 10.5. The molecule has 18 heavy (non-hydrogen) atoms. The Balaban J connectivity index is 2.19. The topological polar surface area (TPSA) is 42.2 Å². The van der Waals surface area contributed by atoms with Crippen LogP contribution in [0.25, 0.3) is 0 Å². The molecule has 0 saturated carbocycles. The van der Waals surface area contributed by atoms with Crippen LogP contribution in [0.3, 0.4) is 0 Å². The summed E-state index contributed by atoms with van der Waals surface area (Å²) >= 11 is 0. The highest BCUT2D eigenvalue weighted by atomic mass is 19.1. The van der Waals surface area contributed by atoms with Crippen molar-refractivity contribution < 1.29 is 4.39 Å². The van der Waals surface area contributed by atoms with Gasteiger partial charge in [-0.3, -0.25) is 0 Å². The van der Waals surface area contributed by atoms with E-state index in [9.17, 15) is 4.39 Å². The zero-order valence-electron chi connectivity index (χ0n) is 10.5. The molecule has 0 spiro atoms. The molecule has 0 amide bonds. The molecule has 0 aliphatic rings. The number of nitrogens with zero attached hydrogens (tertiary/aromatic N) is 2. The fraction of sp³-hybridized carbons (Fsp3) is 0.214. The number of nitrogen functional groups attached to an aromatic ring is 1. The summed E-state index contributed by atoms with van der Waals surface area (Å²) in [6, 6.07) is 8.53. The Hall–Kier alpha value is -2.10. The third kappa shape index (κ3) is 2.59. The quantitative estimate of drug-likeness (QED) is 0.904. The van der Waals surface area contributed by atoms with Crippen LogP contribution in [-0.2, 0) is 6.54 Å². The van der Waals surface area contributed by atoms with Crippen LogP contribution in [0.1, 0.15) is 11.1 Å². The first-order chi connectivity index (χ1) is 8.58. The molecule has 2 N–H and O–H groups in total. The van der Waals surface area contributed by atoms with Gasteiger partial charge in [-0.05, 0) is 18.6 Å². The Labute approximate surface area is 106 Å². The SMILES string of the molecule is Cc1cnc(N(C)Cc2ccccc2F)cc1N. The maximum atomic E-state index is 13.5. The number of aromatic nitrogens is 1. The first kappa shape index (κ1) is 12.4. The fourth-order valence-electron chi connectivity index (χ4n) is 1.70. The summed E-state index contributed by atoms with van der Waals surface area (Å²) in [6.07, 6.45) is 1.72. The highest BCUT2D eigenvalue weighted by molar-refractivity contribution is 5.54. The summed E-state index contributed by atoms with van der Waals surface area (Å²) in [5.41, 5.74) is 8.12. The number of anilines is 2. The lowest BCUT2D eigenvalue weighted by atomic mass is 10.2. The molecule has 0 aliphatic heterocycles. The lowest BCUT2D eigenvalue weighted by Gasteiger charge is -2.19. The second-order valence-corrected chi connectivity index (χ2v) is 4.35. The molecule has 2 aromatic rings. The van der Waals surface area contributed by atoms with Gasteiger partial charge in [0.25, 0.3) is 0 Å². The van der Waals surface area contributed by atoms with Crippen LogP contribution in [0.5, 0.6) is 0 Å². The van der Waals surface area contributed by atoms with E-state index in [2.05, 4.69) is 4.98 Å². The first-order valence-electron chi connectivity index (χ1n) is 5.74. The summed E-state index contributed by atoms with van der Waals surface area (Å²) in [6.45, 7) is 2.37. The van der Waals surface area contributed by atoms with Crippen LogP contribution >= 0.6 is 0 Å². The van der Waals surface area contributed by atoms with Gasteiger partial charge < -0.3 is 10.6 Å². The van der Waals surface area contributed by atoms with E-state index in [0.29, 0.717) is 17.8 Å². The summed E-state index contributed by atoms with van der Waals surface area (Å²) in [5.74, 6) is 0.533. The second-order valence-electron chi connectivity index (χ2n) is 4.35. The average Bonchev–Trinajstić information content (AvgIpc) is 2.35. The molecule has 0 fully saturated rings. The molecule has 94 valence electrons. The Morgan fingerprint density at radius 1 is 1.33 bits per heavy atom. The van der Waals surface area contributed by atoms with Crippen molar-refractivity contribution in [1.29, 1.82) is 0 Å². The number of aryl methyl sites for hydroxylation is 1. The van der Waals surface area contributed by atoms with Gasteiger partial charge in [0, 0.05) is 37.1 Å². The number of hydrogen-bond donors (Lipinski definition) is 1. The molecule has 2 rings (SSSR count). The molecule has 1 aromatic heterocycles. The van der Waals surface area contributed by atoms with Crippen molar-refractivity contribution in [2.75, 3.05) is 17.7 Å². The minimum atomic E-state index is -0.204. The van der Waals surface area contributed by atoms with E-state index in [1.54, 1.807) is 24.4 Å². The normalized spacial score (nSPS) is 10.4. The summed E-state index contributed by atoms with van der Waals surface area (Å²) in [4.78, 5) is 6.16. The smallest absolute Gasteiger partial charge is 0.130 e. The zero-order chi connectivity index (χ0) is 13.1. The highest BCUT2D eigenvalue weighted by Gasteiger charge is 2.08. The van der Waals surface area contributed by atoms with E-state index in [1.165, 1.54) is 6.07 Å². The van der Waals surface area contributed by atoms with Crippen molar-refractivity contribution in [3.05, 3.63) is 53.5 Å². The molecule has 0 saturated heterocycles. The van der Waals surface area contributed by atoms with Crippen molar-refractivity contribution in [2.45, 2.75) is 13.5 Å². The third-order valence-electron chi connectivity index (χ3n) is 2.89. The van der Waals surface area contributed by atoms with Gasteiger partial charge in [0.05, 0.1) is 0 Å². The average molecular weight is 245 g/mol. The molecule has 0 aliphatic carbocycles. The summed E-state index contributed by atoms with van der Waals surface area (Å²) in [7, 11) is 1.86. The van der Waals surface area contributed by atoms with Crippen molar-refractivity contribution in [1.82, 2.24) is 4.98 Å². The minimum Gasteiger partial charge on any atom is -0.398 e. The molecule has 1 heterocycles. The minimum absolute atomic E-state index is 0.204. The van der Waals surface area contributed by atoms with Crippen LogP contribution in [-0.4, -0.2) is 12.0 Å². The van der Waals surface area contributed by atoms with Crippen molar-refractivity contribution in [3.8, 4) is 0 Å². The molecule has 0 unspecified atom stereocenters. The van der Waals surface area contributed by atoms with E-state index in [0.717, 1.165) is 11.4 Å². The maximum Gasteiger partial charge on any atom is 0.130 e. The van der Waals surface area contributed by atoms with E-state index < -0.39 is 0 Å². The highest BCUT2D eigenvalue weighted by Crippen LogP contribution is 2.19. The number of hydrogen-bond acceptors (Lipinski definition) is 3. The first-order valence-corrected chi connectivity index (χ1v) is 5.74. The number of rotatable bonds is 3. The number of halogens is 1. The van der Waals surface area contributed by atoms with Crippen molar-refractivity contribution >= 4 is 11.5 Å². The van der Waals surface area contributed by atoms with Gasteiger partial charge in [-0.2, -0.15) is 0 Å². The molecule has 0 bridgehead atoms. The van der Waals surface area contributed by atoms with Gasteiger partial charge >= 0.3 is 0 Å². The van der Waals surface area contributed by atoms with Gasteiger partial charge in [-0.1, -0.05) is 18.2 Å². The Morgan fingerprint density at radius 2 is 2.06 bits per heavy atom. The summed E-state index contributed by atoms with van der Waals surface area (Å²) < 4.78 is 13.5. The Bertz CT molecular complexity index is 554. The number of nitrogens with two attached hydrogens (primary N) is 1. The van der Waals surface area contributed by atoms with Crippen molar-refractivity contribution in [3.63, 3.8) is 0 Å². The second kappa shape index (κ2) is 5.04. The van der Waals surface area contributed by atoms with Crippen molar-refractivity contribution in [2.24, 2.45) is 0 Å². The van der Waals surface area contributed by atoms with Gasteiger partial charge in [-0.25, -0.2) is 9.37 Å². The monoisotopic (exact) mass is 245 g/mol. The Morgan fingerprint density at radius 3 is 2.72 bits per heavy atom. The van der Waals surface area contributed by atoms with Gasteiger partial charge in [-0.15, -0.1) is 0 Å². The lowest BCUT2D eigenvalue weighted by Crippen LogP contribution is -2.18. The largest absolute Gasteiger partial charge is 0.398 e. The summed E-state index contributed by atoms with van der Waals surface area (Å²) in [5, 5.41) is 0. The van der Waals surface area contributed by atoms with Gasteiger partial charge in [0.15, 0.2) is 0 Å². The molecule has 1 aromatic carbocycles. The lowest BCUT2D eigenvalue weighted by molar-refractivity contribution is 0.607. The number of benzene rings is 1. The van der Waals surface area contributed by atoms with Crippen LogP contribution < -0.4 is 10.6 Å². The molecular weight excluding hydrogens is 229 g/mol. The van der Waals surface area contributed by atoms with E-state index >= 15 is 0 Å². The van der Waals surface area contributed by atoms with E-state index in [1.807, 2.05) is 24.9 Å². The molecular formula is C14H16FN3. The van der Waals surface area contributed by atoms with Gasteiger partial charge in [0.1, 0.15) is 11.6 Å². The molecule has 4 heteroatoms. The molecule has 0 radical (unpaired) electrons. The predicted octanol–water partition coefficient (Wildman–Crippen LogP) is 2.75. The predicted molar refractivity (Wildman–Crippen MR) is 71.9 cm³/mol. The fourth-order valence-corrected chi connectivity index (χ4v) is 1.70. The number of pyridine rings is 1. The van der Waals surface area contributed by atoms with Gasteiger partial charge in [0.2, 0.25) is 0 Å². The molecule has 3 nitrogen and oxygen atoms in total. The van der Waals surface area contributed by atoms with E-state index in [-0.39, 0.29) is 5.82 Å². The van der Waals surface area contributed by atoms with Crippen LogP contribution in [0, 0.1) is 12.7 Å². The maximum absolute atomic E-state index is 13.5. The van der Waals surface area contributed by atoms with E-state index in [4.69, 9.17) is 5.73 Å². The Kier molecular flexibility index (Phi) is 3.46. The van der Waals surface area contributed by atoms with Crippen LogP contribution in [0.2, 0.25) is 0 Å². The van der Waals surface area contributed by atoms with Crippen LogP contribution in [0.4, 0.5) is 15.9 Å². The third-order valence-corrected chi connectivity index (χ3v) is 2.89.